The van der Waals surface area contributed by atoms with Crippen LogP contribution in [0.15, 0.2) is 42.5 Å². The second-order valence-corrected chi connectivity index (χ2v) is 6.36. The van der Waals surface area contributed by atoms with Crippen LogP contribution in [0.3, 0.4) is 0 Å². The number of hydrogen-bond donors (Lipinski definition) is 1. The Bertz CT molecular complexity index is 898. The Kier molecular flexibility index (Phi) is 4.37. The van der Waals surface area contributed by atoms with Crippen molar-refractivity contribution < 1.29 is 18.9 Å². The van der Waals surface area contributed by atoms with E-state index in [1.54, 1.807) is 0 Å². The predicted molar refractivity (Wildman–Crippen MR) is 90.9 cm³/mol. The number of amides is 3. The van der Waals surface area contributed by atoms with Gasteiger partial charge in [-0.15, -0.1) is 0 Å². The van der Waals surface area contributed by atoms with E-state index in [1.807, 2.05) is 0 Å². The monoisotopic (exact) mass is 377 g/mol. The first-order chi connectivity index (χ1) is 12.2. The summed E-state index contributed by atoms with van der Waals surface area (Å²) in [6.07, 6.45) is 0. The summed E-state index contributed by atoms with van der Waals surface area (Å²) in [7, 11) is 0. The van der Waals surface area contributed by atoms with Crippen LogP contribution in [0.5, 0.6) is 0 Å². The van der Waals surface area contributed by atoms with E-state index in [1.165, 1.54) is 49.4 Å². The quantitative estimate of drug-likeness (QED) is 0.502. The van der Waals surface area contributed by atoms with Crippen LogP contribution in [-0.4, -0.2) is 21.8 Å². The summed E-state index contributed by atoms with van der Waals surface area (Å²) in [5.74, 6) is -1.22. The molecule has 3 rings (SSSR count). The lowest BCUT2D eigenvalue weighted by atomic mass is 9.92. The smallest absolute Gasteiger partial charge is 0.319 e. The highest BCUT2D eigenvalue weighted by molar-refractivity contribution is 6.31. The predicted octanol–water partition coefficient (Wildman–Crippen LogP) is 3.35. The average molecular weight is 378 g/mol. The molecule has 1 heterocycles. The van der Waals surface area contributed by atoms with Crippen LogP contribution in [0.1, 0.15) is 18.1 Å². The molecule has 1 fully saturated rings. The maximum atomic E-state index is 14.0. The Morgan fingerprint density at radius 2 is 1.88 bits per heavy atom. The molecular weight excluding hydrogens is 365 g/mol. The number of rotatable bonds is 4. The van der Waals surface area contributed by atoms with Crippen molar-refractivity contribution in [3.8, 4) is 0 Å². The van der Waals surface area contributed by atoms with Crippen molar-refractivity contribution in [3.63, 3.8) is 0 Å². The molecule has 1 aliphatic heterocycles. The zero-order valence-corrected chi connectivity index (χ0v) is 14.3. The molecular formula is C17H13ClFN3O4. The third-order valence-electron chi connectivity index (χ3n) is 4.31. The van der Waals surface area contributed by atoms with E-state index in [-0.39, 0.29) is 22.8 Å². The van der Waals surface area contributed by atoms with Gasteiger partial charge in [0.05, 0.1) is 11.5 Å². The minimum absolute atomic E-state index is 0.0330. The fourth-order valence-corrected chi connectivity index (χ4v) is 3.02. The first-order valence-corrected chi connectivity index (χ1v) is 7.94. The molecule has 7 nitrogen and oxygen atoms in total. The summed E-state index contributed by atoms with van der Waals surface area (Å²) in [5.41, 5.74) is -1.14. The van der Waals surface area contributed by atoms with Crippen LogP contribution < -0.4 is 5.32 Å². The minimum Gasteiger partial charge on any atom is -0.319 e. The van der Waals surface area contributed by atoms with Crippen molar-refractivity contribution in [1.29, 1.82) is 0 Å². The Balaban J connectivity index is 1.91. The molecule has 3 amide bonds. The standard InChI is InChI=1S/C17H13ClFN3O4/c1-17(10-5-7-11(8-6-10)22(25)26)15(23)21(16(24)20-17)9-12-13(18)3-2-4-14(12)19/h2-8H,9H2,1H3,(H,20,24). The fraction of sp³-hybridized carbons (Fsp3) is 0.176. The number of nitro groups is 1. The molecule has 26 heavy (non-hydrogen) atoms. The number of halogens is 2. The highest BCUT2D eigenvalue weighted by atomic mass is 35.5. The van der Waals surface area contributed by atoms with Gasteiger partial charge in [0.1, 0.15) is 11.4 Å². The minimum atomic E-state index is -1.41. The van der Waals surface area contributed by atoms with E-state index in [2.05, 4.69) is 5.32 Å². The molecule has 0 bridgehead atoms. The lowest BCUT2D eigenvalue weighted by Crippen LogP contribution is -2.40. The summed E-state index contributed by atoms with van der Waals surface area (Å²) >= 11 is 5.97. The maximum absolute atomic E-state index is 14.0. The van der Waals surface area contributed by atoms with Gasteiger partial charge in [-0.2, -0.15) is 0 Å². The molecule has 1 saturated heterocycles. The number of urea groups is 1. The second kappa shape index (κ2) is 6.38. The van der Waals surface area contributed by atoms with Crippen LogP contribution in [0, 0.1) is 15.9 Å². The van der Waals surface area contributed by atoms with Crippen molar-refractivity contribution in [2.24, 2.45) is 0 Å². The molecule has 0 radical (unpaired) electrons. The van der Waals surface area contributed by atoms with Gasteiger partial charge in [0.25, 0.3) is 11.6 Å². The van der Waals surface area contributed by atoms with Crippen LogP contribution in [0.25, 0.3) is 0 Å². The lowest BCUT2D eigenvalue weighted by Gasteiger charge is -2.22. The molecule has 1 aliphatic rings. The molecule has 134 valence electrons. The lowest BCUT2D eigenvalue weighted by molar-refractivity contribution is -0.384. The number of carbonyl (C=O) groups is 2. The molecule has 9 heteroatoms. The highest BCUT2D eigenvalue weighted by Gasteiger charge is 2.49. The first-order valence-electron chi connectivity index (χ1n) is 7.56. The van der Waals surface area contributed by atoms with Crippen LogP contribution >= 0.6 is 11.6 Å². The second-order valence-electron chi connectivity index (χ2n) is 5.95. The van der Waals surface area contributed by atoms with Crippen molar-refractivity contribution in [2.75, 3.05) is 0 Å². The van der Waals surface area contributed by atoms with E-state index in [9.17, 15) is 24.1 Å². The number of hydrogen-bond acceptors (Lipinski definition) is 4. The fourth-order valence-electron chi connectivity index (χ4n) is 2.79. The SMILES string of the molecule is CC1(c2ccc([N+](=O)[O-])cc2)NC(=O)N(Cc2c(F)cccc2Cl)C1=O. The summed E-state index contributed by atoms with van der Waals surface area (Å²) in [4.78, 5) is 36.2. The average Bonchev–Trinajstić information content (AvgIpc) is 2.82. The van der Waals surface area contributed by atoms with Gasteiger partial charge >= 0.3 is 6.03 Å². The van der Waals surface area contributed by atoms with Gasteiger partial charge in [0, 0.05) is 22.7 Å². The van der Waals surface area contributed by atoms with E-state index in [0.29, 0.717) is 5.56 Å². The summed E-state index contributed by atoms with van der Waals surface area (Å²) in [5, 5.41) is 13.4. The van der Waals surface area contributed by atoms with Crippen LogP contribution in [0.2, 0.25) is 5.02 Å². The Labute approximate surface area is 152 Å². The van der Waals surface area contributed by atoms with Crippen molar-refractivity contribution >= 4 is 29.2 Å². The van der Waals surface area contributed by atoms with Crippen molar-refractivity contribution in [1.82, 2.24) is 10.2 Å². The third-order valence-corrected chi connectivity index (χ3v) is 4.66. The van der Waals surface area contributed by atoms with Gasteiger partial charge in [0.15, 0.2) is 0 Å². The molecule has 0 saturated carbocycles. The Morgan fingerprint density at radius 1 is 1.23 bits per heavy atom. The topological polar surface area (TPSA) is 92.6 Å². The van der Waals surface area contributed by atoms with Crippen LogP contribution in [-0.2, 0) is 16.9 Å². The molecule has 0 spiro atoms. The van der Waals surface area contributed by atoms with Gasteiger partial charge in [-0.3, -0.25) is 19.8 Å². The van der Waals surface area contributed by atoms with Gasteiger partial charge < -0.3 is 5.32 Å². The largest absolute Gasteiger partial charge is 0.325 e. The summed E-state index contributed by atoms with van der Waals surface area (Å²) in [6.45, 7) is 1.16. The summed E-state index contributed by atoms with van der Waals surface area (Å²) < 4.78 is 14.0. The number of nitrogens with zero attached hydrogens (tertiary/aromatic N) is 2. The molecule has 0 aliphatic carbocycles. The number of benzene rings is 2. The third kappa shape index (κ3) is 2.88. The number of non-ortho nitro benzene ring substituents is 1. The molecule has 2 aromatic rings. The molecule has 1 atom stereocenters. The maximum Gasteiger partial charge on any atom is 0.325 e. The van der Waals surface area contributed by atoms with E-state index >= 15 is 0 Å². The number of nitrogens with one attached hydrogen (secondary N) is 1. The van der Waals surface area contributed by atoms with E-state index in [0.717, 1.165) is 4.90 Å². The number of carbonyl (C=O) groups excluding carboxylic acids is 2. The molecule has 1 unspecified atom stereocenters. The zero-order chi connectivity index (χ0) is 19.1. The number of nitro benzene ring substituents is 1. The Morgan fingerprint density at radius 3 is 2.46 bits per heavy atom. The van der Waals surface area contributed by atoms with Crippen molar-refractivity contribution in [2.45, 2.75) is 19.0 Å². The van der Waals surface area contributed by atoms with Gasteiger partial charge in [-0.25, -0.2) is 9.18 Å². The van der Waals surface area contributed by atoms with Gasteiger partial charge in [-0.1, -0.05) is 17.7 Å². The van der Waals surface area contributed by atoms with Crippen molar-refractivity contribution in [3.05, 3.63) is 74.5 Å². The Hall–Kier alpha value is -3.00. The van der Waals surface area contributed by atoms with E-state index in [4.69, 9.17) is 11.6 Å². The number of imide groups is 1. The normalized spacial score (nSPS) is 19.6. The van der Waals surface area contributed by atoms with Gasteiger partial charge in [0.2, 0.25) is 0 Å². The van der Waals surface area contributed by atoms with E-state index < -0.39 is 28.2 Å². The zero-order valence-electron chi connectivity index (χ0n) is 13.5. The van der Waals surface area contributed by atoms with Gasteiger partial charge in [-0.05, 0) is 36.8 Å². The molecule has 2 aromatic carbocycles. The first kappa shape index (κ1) is 17.8. The summed E-state index contributed by atoms with van der Waals surface area (Å²) in [6, 6.07) is 8.67. The highest BCUT2D eigenvalue weighted by Crippen LogP contribution is 2.32. The van der Waals surface area contributed by atoms with Crippen LogP contribution in [0.4, 0.5) is 14.9 Å². The molecule has 0 aromatic heterocycles. The molecule has 1 N–H and O–H groups in total.